The summed E-state index contributed by atoms with van der Waals surface area (Å²) in [5.74, 6) is -0.866. The van der Waals surface area contributed by atoms with Crippen LogP contribution in [-0.2, 0) is 32.7 Å². The number of ether oxygens (including phenoxy) is 2. The van der Waals surface area contributed by atoms with E-state index in [2.05, 4.69) is 56.4 Å². The summed E-state index contributed by atoms with van der Waals surface area (Å²) in [4.78, 5) is 37.5. The Kier molecular flexibility index (Phi) is 36.7. The van der Waals surface area contributed by atoms with Gasteiger partial charge in [-0.05, 0) is 57.8 Å². The summed E-state index contributed by atoms with van der Waals surface area (Å²) < 4.78 is 33.9. The first-order valence-corrected chi connectivity index (χ1v) is 23.5. The molecule has 0 rings (SSSR count). The zero-order chi connectivity index (χ0) is 41.4. The van der Waals surface area contributed by atoms with E-state index in [4.69, 9.17) is 18.5 Å². The number of hydrogen-bond donors (Lipinski definition) is 0. The molecule has 0 saturated carbocycles. The summed E-state index contributed by atoms with van der Waals surface area (Å²) in [6.07, 6.45) is 45.3. The lowest BCUT2D eigenvalue weighted by Gasteiger charge is -2.28. The molecule has 0 saturated heterocycles. The molecule has 0 spiro atoms. The first kappa shape index (κ1) is 53.7. The number of quaternary nitrogens is 1. The molecule has 0 aliphatic heterocycles. The number of rotatable bonds is 39. The van der Waals surface area contributed by atoms with Crippen molar-refractivity contribution in [1.29, 1.82) is 0 Å². The standard InChI is InChI=1S/C46H82NO8P/c1-6-8-10-12-14-16-18-20-21-22-23-24-25-27-28-30-32-34-36-38-45(48)52-42-44(43-54-56(50,51)53-41-40-47(3,4)5)55-46(49)39-37-35-33-31-29-26-19-17-15-13-11-9-7-2/h9,11,13-20,44H,6-8,10,12,21-43H2,1-5H3/b11-9+,15-13+,16-14+,19-17+,20-18+. The predicted octanol–water partition coefficient (Wildman–Crippen LogP) is 11.8. The van der Waals surface area contributed by atoms with Gasteiger partial charge in [-0.25, -0.2) is 0 Å². The average molecular weight is 808 g/mol. The van der Waals surface area contributed by atoms with Gasteiger partial charge in [-0.15, -0.1) is 0 Å². The SMILES string of the molecule is CC/C=C/C=C/C=C/CCCCCCCC(=O)OC(COC(=O)CCCCCCCCCCCC/C=C/C=C/CCCCC)COP(=O)([O-])OCC[N+](C)(C)C. The van der Waals surface area contributed by atoms with Crippen LogP contribution in [0.2, 0.25) is 0 Å². The van der Waals surface area contributed by atoms with Crippen LogP contribution >= 0.6 is 7.82 Å². The van der Waals surface area contributed by atoms with E-state index in [1.54, 1.807) is 0 Å². The zero-order valence-corrected chi connectivity index (χ0v) is 37.2. The number of esters is 2. The maximum absolute atomic E-state index is 12.6. The smallest absolute Gasteiger partial charge is 0.306 e. The number of carbonyl (C=O) groups excluding carboxylic acids is 2. The van der Waals surface area contributed by atoms with Gasteiger partial charge in [0.2, 0.25) is 0 Å². The van der Waals surface area contributed by atoms with Crippen molar-refractivity contribution < 1.29 is 42.1 Å². The highest BCUT2D eigenvalue weighted by molar-refractivity contribution is 7.45. The van der Waals surface area contributed by atoms with E-state index >= 15 is 0 Å². The first-order chi connectivity index (χ1) is 27.0. The van der Waals surface area contributed by atoms with Crippen LogP contribution in [-0.4, -0.2) is 70.0 Å². The van der Waals surface area contributed by atoms with E-state index in [1.807, 2.05) is 39.4 Å². The first-order valence-electron chi connectivity index (χ1n) is 22.0. The van der Waals surface area contributed by atoms with Crippen molar-refractivity contribution in [3.63, 3.8) is 0 Å². The quantitative estimate of drug-likeness (QED) is 0.0198. The van der Waals surface area contributed by atoms with Crippen LogP contribution in [0.15, 0.2) is 60.8 Å². The minimum Gasteiger partial charge on any atom is -0.756 e. The zero-order valence-electron chi connectivity index (χ0n) is 36.3. The molecule has 0 fully saturated rings. The van der Waals surface area contributed by atoms with Crippen molar-refractivity contribution in [3.8, 4) is 0 Å². The second-order valence-electron chi connectivity index (χ2n) is 15.8. The molecule has 324 valence electrons. The Morgan fingerprint density at radius 3 is 1.52 bits per heavy atom. The molecule has 2 unspecified atom stereocenters. The van der Waals surface area contributed by atoms with E-state index in [1.165, 1.54) is 64.2 Å². The lowest BCUT2D eigenvalue weighted by Crippen LogP contribution is -2.37. The van der Waals surface area contributed by atoms with Crippen molar-refractivity contribution in [3.05, 3.63) is 60.8 Å². The van der Waals surface area contributed by atoms with Crippen LogP contribution in [0.25, 0.3) is 0 Å². The van der Waals surface area contributed by atoms with Gasteiger partial charge in [-0.2, -0.15) is 0 Å². The molecule has 2 atom stereocenters. The Bertz CT molecular complexity index is 1140. The Labute approximate surface area is 343 Å². The van der Waals surface area contributed by atoms with E-state index < -0.39 is 32.5 Å². The molecule has 0 radical (unpaired) electrons. The van der Waals surface area contributed by atoms with Crippen molar-refractivity contribution >= 4 is 19.8 Å². The second-order valence-corrected chi connectivity index (χ2v) is 17.2. The van der Waals surface area contributed by atoms with Gasteiger partial charge in [0, 0.05) is 12.8 Å². The number of unbranched alkanes of at least 4 members (excludes halogenated alkanes) is 18. The monoisotopic (exact) mass is 808 g/mol. The molecule has 0 aliphatic carbocycles. The van der Waals surface area contributed by atoms with Gasteiger partial charge in [-0.1, -0.05) is 158 Å². The molecule has 0 amide bonds. The van der Waals surface area contributed by atoms with Crippen LogP contribution in [0.1, 0.15) is 168 Å². The fourth-order valence-corrected chi connectivity index (χ4v) is 6.37. The fourth-order valence-electron chi connectivity index (χ4n) is 5.64. The highest BCUT2D eigenvalue weighted by Crippen LogP contribution is 2.38. The third kappa shape index (κ3) is 41.3. The molecule has 56 heavy (non-hydrogen) atoms. The summed E-state index contributed by atoms with van der Waals surface area (Å²) in [6, 6.07) is 0. The van der Waals surface area contributed by atoms with Gasteiger partial charge in [0.1, 0.15) is 19.8 Å². The fraction of sp³-hybridized carbons (Fsp3) is 0.739. The summed E-state index contributed by atoms with van der Waals surface area (Å²) in [7, 11) is 1.14. The predicted molar refractivity (Wildman–Crippen MR) is 231 cm³/mol. The number of phosphoric ester groups is 1. The molecule has 9 nitrogen and oxygen atoms in total. The number of likely N-dealkylation sites (N-methyl/N-ethyl adjacent to an activating group) is 1. The summed E-state index contributed by atoms with van der Waals surface area (Å²) in [5.41, 5.74) is 0. The second kappa shape index (κ2) is 38.2. The van der Waals surface area contributed by atoms with Gasteiger partial charge in [0.05, 0.1) is 27.7 Å². The van der Waals surface area contributed by atoms with E-state index in [-0.39, 0.29) is 26.1 Å². The molecule has 0 N–H and O–H groups in total. The normalized spacial score (nSPS) is 14.2. The Hall–Kier alpha value is -2.29. The molecular formula is C46H82NO8P. The molecule has 0 aliphatic rings. The van der Waals surface area contributed by atoms with Gasteiger partial charge < -0.3 is 27.9 Å². The average Bonchev–Trinajstić information content (AvgIpc) is 3.15. The van der Waals surface area contributed by atoms with Gasteiger partial charge in [0.25, 0.3) is 7.82 Å². The van der Waals surface area contributed by atoms with Gasteiger partial charge >= 0.3 is 11.9 Å². The number of carbonyl (C=O) groups is 2. The third-order valence-corrected chi connectivity index (χ3v) is 10.1. The van der Waals surface area contributed by atoms with E-state index in [0.29, 0.717) is 17.4 Å². The van der Waals surface area contributed by atoms with Crippen LogP contribution < -0.4 is 4.89 Å². The molecule has 0 aromatic rings. The van der Waals surface area contributed by atoms with E-state index in [9.17, 15) is 19.0 Å². The summed E-state index contributed by atoms with van der Waals surface area (Å²) in [5, 5.41) is 0. The highest BCUT2D eigenvalue weighted by atomic mass is 31.2. The molecular weight excluding hydrogens is 725 g/mol. The lowest BCUT2D eigenvalue weighted by molar-refractivity contribution is -0.870. The molecule has 0 bridgehead atoms. The van der Waals surface area contributed by atoms with Crippen LogP contribution in [0.3, 0.4) is 0 Å². The van der Waals surface area contributed by atoms with Gasteiger partial charge in [-0.3, -0.25) is 14.2 Å². The van der Waals surface area contributed by atoms with Crippen LogP contribution in [0.4, 0.5) is 0 Å². The minimum absolute atomic E-state index is 0.0382. The maximum atomic E-state index is 12.6. The Balaban J connectivity index is 4.35. The Morgan fingerprint density at radius 1 is 0.571 bits per heavy atom. The number of phosphoric acid groups is 1. The summed E-state index contributed by atoms with van der Waals surface area (Å²) >= 11 is 0. The lowest BCUT2D eigenvalue weighted by atomic mass is 10.1. The summed E-state index contributed by atoms with van der Waals surface area (Å²) in [6.45, 7) is 4.02. The third-order valence-electron chi connectivity index (χ3n) is 9.11. The maximum Gasteiger partial charge on any atom is 0.306 e. The molecule has 0 heterocycles. The van der Waals surface area contributed by atoms with Crippen molar-refractivity contribution in [1.82, 2.24) is 0 Å². The van der Waals surface area contributed by atoms with Crippen LogP contribution in [0, 0.1) is 0 Å². The number of hydrogen-bond acceptors (Lipinski definition) is 8. The van der Waals surface area contributed by atoms with Crippen molar-refractivity contribution in [2.75, 3.05) is 47.5 Å². The Morgan fingerprint density at radius 2 is 1.02 bits per heavy atom. The molecule has 10 heteroatoms. The number of allylic oxidation sites excluding steroid dienone is 10. The number of nitrogens with zero attached hydrogens (tertiary/aromatic N) is 1. The molecule has 0 aromatic heterocycles. The topological polar surface area (TPSA) is 111 Å². The highest BCUT2D eigenvalue weighted by Gasteiger charge is 2.21. The van der Waals surface area contributed by atoms with Crippen molar-refractivity contribution in [2.45, 2.75) is 174 Å². The molecule has 0 aromatic carbocycles. The van der Waals surface area contributed by atoms with E-state index in [0.717, 1.165) is 70.6 Å². The van der Waals surface area contributed by atoms with Gasteiger partial charge in [0.15, 0.2) is 6.10 Å². The largest absolute Gasteiger partial charge is 0.756 e. The van der Waals surface area contributed by atoms with Crippen molar-refractivity contribution in [2.24, 2.45) is 0 Å². The van der Waals surface area contributed by atoms with Crippen LogP contribution in [0.5, 0.6) is 0 Å². The minimum atomic E-state index is -4.63.